The van der Waals surface area contributed by atoms with Crippen LogP contribution in [0.4, 0.5) is 10.1 Å². The van der Waals surface area contributed by atoms with Crippen LogP contribution in [0.1, 0.15) is 11.1 Å². The van der Waals surface area contributed by atoms with Gasteiger partial charge in [-0.05, 0) is 36.4 Å². The second-order valence-corrected chi connectivity index (χ2v) is 6.91. The van der Waals surface area contributed by atoms with Crippen molar-refractivity contribution in [1.29, 1.82) is 0 Å². The topological polar surface area (TPSA) is 58.6 Å². The Bertz CT molecular complexity index is 1130. The zero-order valence-corrected chi connectivity index (χ0v) is 16.4. The van der Waals surface area contributed by atoms with Crippen LogP contribution in [0.5, 0.6) is 5.75 Å². The van der Waals surface area contributed by atoms with E-state index in [0.29, 0.717) is 17.0 Å². The lowest BCUT2D eigenvalue weighted by molar-refractivity contribution is -0.117. The minimum absolute atomic E-state index is 0.0289. The average Bonchev–Trinajstić information content (AvgIpc) is 3.03. The van der Waals surface area contributed by atoms with Crippen molar-refractivity contribution >= 4 is 35.2 Å². The molecule has 0 bridgehead atoms. The van der Waals surface area contributed by atoms with Crippen molar-refractivity contribution in [2.45, 2.75) is 6.61 Å². The van der Waals surface area contributed by atoms with Crippen LogP contribution in [0.3, 0.4) is 0 Å². The fourth-order valence-corrected chi connectivity index (χ4v) is 3.24. The van der Waals surface area contributed by atoms with Crippen molar-refractivity contribution in [1.82, 2.24) is 5.43 Å². The molecule has 1 saturated heterocycles. The molecule has 0 aliphatic carbocycles. The number of para-hydroxylation sites is 2. The summed E-state index contributed by atoms with van der Waals surface area (Å²) in [6.45, 7) is -0.0953. The van der Waals surface area contributed by atoms with Gasteiger partial charge in [-0.3, -0.25) is 15.0 Å². The SMILES string of the molecule is O=C1NN(c2ccccc2)C(=O)/C1=C\c1ccccc1OCc1c(F)cccc1Cl. The van der Waals surface area contributed by atoms with E-state index < -0.39 is 17.6 Å². The maximum Gasteiger partial charge on any atom is 0.282 e. The number of anilines is 1. The molecule has 30 heavy (non-hydrogen) atoms. The quantitative estimate of drug-likeness (QED) is 0.486. The number of halogens is 2. The Labute approximate surface area is 177 Å². The van der Waals surface area contributed by atoms with Gasteiger partial charge in [-0.15, -0.1) is 0 Å². The van der Waals surface area contributed by atoms with Crippen molar-refractivity contribution < 1.29 is 18.7 Å². The highest BCUT2D eigenvalue weighted by Crippen LogP contribution is 2.27. The van der Waals surface area contributed by atoms with Crippen molar-refractivity contribution in [2.24, 2.45) is 0 Å². The first kappa shape index (κ1) is 19.7. The van der Waals surface area contributed by atoms with Gasteiger partial charge in [0.05, 0.1) is 10.7 Å². The molecule has 1 aliphatic rings. The highest BCUT2D eigenvalue weighted by atomic mass is 35.5. The summed E-state index contributed by atoms with van der Waals surface area (Å²) in [4.78, 5) is 25.2. The Kier molecular flexibility index (Phi) is 5.50. The third kappa shape index (κ3) is 3.90. The molecule has 1 aliphatic heterocycles. The van der Waals surface area contributed by atoms with Gasteiger partial charge in [0, 0.05) is 11.1 Å². The molecule has 4 rings (SSSR count). The second kappa shape index (κ2) is 8.39. The summed E-state index contributed by atoms with van der Waals surface area (Å²) in [5.74, 6) is -1.07. The van der Waals surface area contributed by atoms with E-state index in [2.05, 4.69) is 5.43 Å². The Morgan fingerprint density at radius 1 is 0.967 bits per heavy atom. The highest BCUT2D eigenvalue weighted by Gasteiger charge is 2.34. The van der Waals surface area contributed by atoms with E-state index in [1.54, 1.807) is 54.6 Å². The van der Waals surface area contributed by atoms with E-state index in [9.17, 15) is 14.0 Å². The summed E-state index contributed by atoms with van der Waals surface area (Å²) in [6.07, 6.45) is 1.46. The Hall–Kier alpha value is -3.64. The number of nitrogens with one attached hydrogen (secondary N) is 1. The molecule has 0 radical (unpaired) electrons. The standard InChI is InChI=1S/C23H16ClFN2O3/c24-19-10-6-11-20(25)18(19)14-30-21-12-5-4-7-15(21)13-17-22(28)26-27(23(17)29)16-8-2-1-3-9-16/h1-13H,14H2,(H,26,28)/b17-13-. The van der Waals surface area contributed by atoms with Crippen LogP contribution in [0.2, 0.25) is 5.02 Å². The molecule has 3 aromatic carbocycles. The normalized spacial score (nSPS) is 14.9. The number of rotatable bonds is 5. The number of carbonyl (C=O) groups is 2. The van der Waals surface area contributed by atoms with Crippen molar-refractivity contribution in [2.75, 3.05) is 5.01 Å². The van der Waals surface area contributed by atoms with Gasteiger partial charge in [0.1, 0.15) is 23.7 Å². The molecule has 5 nitrogen and oxygen atoms in total. The molecule has 7 heteroatoms. The largest absolute Gasteiger partial charge is 0.488 e. The molecule has 1 heterocycles. The van der Waals surface area contributed by atoms with E-state index >= 15 is 0 Å². The van der Waals surface area contributed by atoms with Crippen LogP contribution in [0.25, 0.3) is 6.08 Å². The number of ether oxygens (including phenoxy) is 1. The van der Waals surface area contributed by atoms with Gasteiger partial charge >= 0.3 is 0 Å². The van der Waals surface area contributed by atoms with Crippen LogP contribution in [0.15, 0.2) is 78.4 Å². The summed E-state index contributed by atoms with van der Waals surface area (Å²) in [6, 6.07) is 20.1. The van der Waals surface area contributed by atoms with Crippen molar-refractivity contribution in [3.8, 4) is 5.75 Å². The molecule has 0 saturated carbocycles. The van der Waals surface area contributed by atoms with Gasteiger partial charge < -0.3 is 4.74 Å². The molecule has 0 atom stereocenters. The van der Waals surface area contributed by atoms with Crippen molar-refractivity contribution in [3.63, 3.8) is 0 Å². The molecule has 150 valence electrons. The van der Waals surface area contributed by atoms with Gasteiger partial charge in [-0.2, -0.15) is 0 Å². The second-order valence-electron chi connectivity index (χ2n) is 6.50. The van der Waals surface area contributed by atoms with Gasteiger partial charge in [0.15, 0.2) is 0 Å². The minimum atomic E-state index is -0.518. The zero-order valence-electron chi connectivity index (χ0n) is 15.6. The molecule has 0 spiro atoms. The fourth-order valence-electron chi connectivity index (χ4n) is 3.02. The van der Waals surface area contributed by atoms with E-state index in [1.165, 1.54) is 23.2 Å². The number of hydrogen-bond donors (Lipinski definition) is 1. The van der Waals surface area contributed by atoms with Gasteiger partial charge in [0.2, 0.25) is 0 Å². The highest BCUT2D eigenvalue weighted by molar-refractivity contribution is 6.32. The lowest BCUT2D eigenvalue weighted by atomic mass is 10.1. The molecular weight excluding hydrogens is 407 g/mol. The lowest BCUT2D eigenvalue weighted by Gasteiger charge is -2.14. The van der Waals surface area contributed by atoms with Gasteiger partial charge in [-0.25, -0.2) is 9.40 Å². The molecule has 0 aromatic heterocycles. The molecule has 0 unspecified atom stereocenters. The fraction of sp³-hybridized carbons (Fsp3) is 0.0435. The Morgan fingerprint density at radius 2 is 1.70 bits per heavy atom. The summed E-state index contributed by atoms with van der Waals surface area (Å²) in [7, 11) is 0. The van der Waals surface area contributed by atoms with Crippen molar-refractivity contribution in [3.05, 3.63) is 100 Å². The van der Waals surface area contributed by atoms with E-state index in [4.69, 9.17) is 16.3 Å². The van der Waals surface area contributed by atoms with Gasteiger partial charge in [-0.1, -0.05) is 54.1 Å². The molecule has 1 N–H and O–H groups in total. The van der Waals surface area contributed by atoms with Gasteiger partial charge in [0.25, 0.3) is 11.8 Å². The molecule has 3 aromatic rings. The predicted octanol–water partition coefficient (Wildman–Crippen LogP) is 4.52. The summed E-state index contributed by atoms with van der Waals surface area (Å²) in [5.41, 5.74) is 3.82. The van der Waals surface area contributed by atoms with E-state index in [0.717, 1.165) is 0 Å². The van der Waals surface area contributed by atoms with Crippen LogP contribution in [-0.4, -0.2) is 11.8 Å². The predicted molar refractivity (Wildman–Crippen MR) is 112 cm³/mol. The van der Waals surface area contributed by atoms with E-state index in [1.807, 2.05) is 6.07 Å². The third-order valence-electron chi connectivity index (χ3n) is 4.56. The Morgan fingerprint density at radius 3 is 2.47 bits per heavy atom. The third-order valence-corrected chi connectivity index (χ3v) is 4.91. The Balaban J connectivity index is 1.60. The maximum absolute atomic E-state index is 14.0. The number of amides is 2. The lowest BCUT2D eigenvalue weighted by Crippen LogP contribution is -2.35. The number of nitrogens with zero attached hydrogens (tertiary/aromatic N) is 1. The molecular formula is C23H16ClFN2O3. The first-order valence-corrected chi connectivity index (χ1v) is 9.49. The maximum atomic E-state index is 14.0. The van der Waals surface area contributed by atoms with Crippen LogP contribution in [-0.2, 0) is 16.2 Å². The number of hydrogen-bond acceptors (Lipinski definition) is 3. The van der Waals surface area contributed by atoms with Crippen LogP contribution in [0, 0.1) is 5.82 Å². The first-order valence-electron chi connectivity index (χ1n) is 9.11. The monoisotopic (exact) mass is 422 g/mol. The summed E-state index contributed by atoms with van der Waals surface area (Å²) >= 11 is 6.05. The average molecular weight is 423 g/mol. The first-order chi connectivity index (χ1) is 14.5. The van der Waals surface area contributed by atoms with Crippen LogP contribution >= 0.6 is 11.6 Å². The zero-order chi connectivity index (χ0) is 21.1. The summed E-state index contributed by atoms with van der Waals surface area (Å²) < 4.78 is 19.8. The number of benzene rings is 3. The number of carbonyl (C=O) groups excluding carboxylic acids is 2. The van der Waals surface area contributed by atoms with E-state index in [-0.39, 0.29) is 22.8 Å². The summed E-state index contributed by atoms with van der Waals surface area (Å²) in [5, 5.41) is 1.45. The minimum Gasteiger partial charge on any atom is -0.488 e. The van der Waals surface area contributed by atoms with Crippen LogP contribution < -0.4 is 15.2 Å². The number of hydrazine groups is 1. The molecule has 1 fully saturated rings. The smallest absolute Gasteiger partial charge is 0.282 e. The molecule has 2 amide bonds.